The molecule has 1 heterocycles. The summed E-state index contributed by atoms with van der Waals surface area (Å²) >= 11 is 0. The summed E-state index contributed by atoms with van der Waals surface area (Å²) in [5.74, 6) is 0.584. The van der Waals surface area contributed by atoms with Crippen molar-refractivity contribution >= 4 is 0 Å². The summed E-state index contributed by atoms with van der Waals surface area (Å²) in [6, 6.07) is 4.22. The van der Waals surface area contributed by atoms with Gasteiger partial charge in [0.2, 0.25) is 0 Å². The molecule has 0 aromatic carbocycles. The Bertz CT molecular complexity index is 297. The number of pyridine rings is 1. The van der Waals surface area contributed by atoms with E-state index in [4.69, 9.17) is 0 Å². The van der Waals surface area contributed by atoms with Gasteiger partial charge in [-0.1, -0.05) is 24.3 Å². The average molecular weight is 201 g/mol. The molecule has 0 N–H and O–H groups in total. The molecule has 1 rings (SSSR count). The topological polar surface area (TPSA) is 12.9 Å². The zero-order valence-corrected chi connectivity index (χ0v) is 9.56. The molecule has 0 spiro atoms. The van der Waals surface area contributed by atoms with E-state index in [1.807, 2.05) is 12.4 Å². The van der Waals surface area contributed by atoms with Crippen LogP contribution in [0.4, 0.5) is 0 Å². The molecule has 0 radical (unpaired) electrons. The maximum absolute atomic E-state index is 4.05. The first-order valence-electron chi connectivity index (χ1n) is 5.50. The minimum Gasteiger partial charge on any atom is -0.265 e. The van der Waals surface area contributed by atoms with Crippen molar-refractivity contribution < 1.29 is 0 Å². The highest BCUT2D eigenvalue weighted by Gasteiger charge is 2.07. The monoisotopic (exact) mass is 201 g/mol. The molecule has 1 aromatic rings. The molecule has 0 atom stereocenters. The summed E-state index contributed by atoms with van der Waals surface area (Å²) < 4.78 is 0. The zero-order valence-electron chi connectivity index (χ0n) is 9.56. The number of nitrogens with zero attached hydrogens (tertiary/aromatic N) is 1. The lowest BCUT2D eigenvalue weighted by molar-refractivity contribution is 0.709. The van der Waals surface area contributed by atoms with Crippen LogP contribution in [-0.4, -0.2) is 4.98 Å². The Kier molecular flexibility index (Phi) is 5.46. The first kappa shape index (κ1) is 11.7. The molecule has 0 aliphatic heterocycles. The minimum absolute atomic E-state index is 0.584. The second-order valence-electron chi connectivity index (χ2n) is 3.59. The quantitative estimate of drug-likeness (QED) is 0.654. The second-order valence-corrected chi connectivity index (χ2v) is 3.59. The molecular weight excluding hydrogens is 182 g/mol. The number of rotatable bonds is 5. The predicted molar refractivity (Wildman–Crippen MR) is 65.8 cm³/mol. The molecule has 0 aliphatic rings. The molecule has 0 fully saturated rings. The Labute approximate surface area is 92.6 Å². The van der Waals surface area contributed by atoms with Crippen LogP contribution in [-0.2, 0) is 0 Å². The van der Waals surface area contributed by atoms with Gasteiger partial charge in [-0.3, -0.25) is 4.98 Å². The fourth-order valence-electron chi connectivity index (χ4n) is 1.60. The standard InChI is InChI=1S/C14H19N/c1-3-5-7-13(8-6-4-2)14-9-11-15-12-10-14/h3-6,9-13H,7-8H2,1-2H3/b5-3-,6-4-. The molecule has 0 aliphatic carbocycles. The number of aromatic nitrogens is 1. The first-order chi connectivity index (χ1) is 7.38. The molecule has 0 saturated heterocycles. The lowest BCUT2D eigenvalue weighted by Gasteiger charge is -2.12. The normalized spacial score (nSPS) is 11.9. The van der Waals surface area contributed by atoms with Crippen LogP contribution in [0.2, 0.25) is 0 Å². The lowest BCUT2D eigenvalue weighted by Crippen LogP contribution is -1.96. The smallest absolute Gasteiger partial charge is 0.0270 e. The van der Waals surface area contributed by atoms with E-state index in [0.717, 1.165) is 12.8 Å². The Morgan fingerprint density at radius 1 is 1.07 bits per heavy atom. The van der Waals surface area contributed by atoms with Gasteiger partial charge in [-0.15, -0.1) is 0 Å². The van der Waals surface area contributed by atoms with Crippen molar-refractivity contribution in [2.75, 3.05) is 0 Å². The number of hydrogen-bond donors (Lipinski definition) is 0. The molecule has 1 nitrogen and oxygen atoms in total. The van der Waals surface area contributed by atoms with Gasteiger partial charge in [0.1, 0.15) is 0 Å². The van der Waals surface area contributed by atoms with Crippen LogP contribution in [0.15, 0.2) is 48.8 Å². The van der Waals surface area contributed by atoms with Gasteiger partial charge in [-0.25, -0.2) is 0 Å². The maximum Gasteiger partial charge on any atom is 0.0270 e. The molecular formula is C14H19N. The number of allylic oxidation sites excluding steroid dienone is 4. The molecule has 80 valence electrons. The van der Waals surface area contributed by atoms with Crippen LogP contribution in [0.25, 0.3) is 0 Å². The van der Waals surface area contributed by atoms with E-state index < -0.39 is 0 Å². The fraction of sp³-hybridized carbons (Fsp3) is 0.357. The van der Waals surface area contributed by atoms with Crippen LogP contribution in [0.5, 0.6) is 0 Å². The van der Waals surface area contributed by atoms with Crippen molar-refractivity contribution in [3.63, 3.8) is 0 Å². The van der Waals surface area contributed by atoms with Crippen molar-refractivity contribution in [3.05, 3.63) is 54.4 Å². The summed E-state index contributed by atoms with van der Waals surface area (Å²) in [5, 5.41) is 0. The molecule has 1 aromatic heterocycles. The highest BCUT2D eigenvalue weighted by molar-refractivity contribution is 5.18. The molecule has 0 amide bonds. The van der Waals surface area contributed by atoms with Crippen molar-refractivity contribution in [1.82, 2.24) is 4.98 Å². The van der Waals surface area contributed by atoms with Crippen LogP contribution in [0.1, 0.15) is 38.2 Å². The third-order valence-electron chi connectivity index (χ3n) is 2.49. The predicted octanol–water partition coefficient (Wildman–Crippen LogP) is 4.10. The highest BCUT2D eigenvalue weighted by atomic mass is 14.6. The van der Waals surface area contributed by atoms with Crippen molar-refractivity contribution in [1.29, 1.82) is 0 Å². The van der Waals surface area contributed by atoms with Crippen LogP contribution in [0.3, 0.4) is 0 Å². The second kappa shape index (κ2) is 6.99. The number of hydrogen-bond acceptors (Lipinski definition) is 1. The summed E-state index contributed by atoms with van der Waals surface area (Å²) in [5.41, 5.74) is 1.38. The average Bonchev–Trinajstić information content (AvgIpc) is 2.30. The van der Waals surface area contributed by atoms with E-state index in [9.17, 15) is 0 Å². The molecule has 0 bridgehead atoms. The molecule has 15 heavy (non-hydrogen) atoms. The molecule has 0 unspecified atom stereocenters. The van der Waals surface area contributed by atoms with E-state index in [1.54, 1.807) is 0 Å². The molecule has 0 saturated carbocycles. The van der Waals surface area contributed by atoms with E-state index >= 15 is 0 Å². The van der Waals surface area contributed by atoms with Gasteiger partial charge in [0, 0.05) is 12.4 Å². The van der Waals surface area contributed by atoms with E-state index in [-0.39, 0.29) is 0 Å². The zero-order chi connectivity index (χ0) is 10.9. The van der Waals surface area contributed by atoms with Crippen LogP contribution >= 0.6 is 0 Å². The summed E-state index contributed by atoms with van der Waals surface area (Å²) in [6.07, 6.45) is 14.6. The van der Waals surface area contributed by atoms with E-state index in [2.05, 4.69) is 55.3 Å². The lowest BCUT2D eigenvalue weighted by atomic mass is 9.93. The minimum atomic E-state index is 0.584. The Morgan fingerprint density at radius 2 is 1.60 bits per heavy atom. The first-order valence-corrected chi connectivity index (χ1v) is 5.50. The van der Waals surface area contributed by atoms with Gasteiger partial charge in [-0.05, 0) is 50.3 Å². The Morgan fingerprint density at radius 3 is 2.07 bits per heavy atom. The van der Waals surface area contributed by atoms with E-state index in [1.165, 1.54) is 5.56 Å². The highest BCUT2D eigenvalue weighted by Crippen LogP contribution is 2.23. The van der Waals surface area contributed by atoms with Crippen LogP contribution < -0.4 is 0 Å². The van der Waals surface area contributed by atoms with Gasteiger partial charge in [0.15, 0.2) is 0 Å². The summed E-state index contributed by atoms with van der Waals surface area (Å²) in [6.45, 7) is 4.14. The Balaban J connectivity index is 2.71. The Hall–Kier alpha value is -1.37. The maximum atomic E-state index is 4.05. The third-order valence-corrected chi connectivity index (χ3v) is 2.49. The summed E-state index contributed by atoms with van der Waals surface area (Å²) in [4.78, 5) is 4.05. The summed E-state index contributed by atoms with van der Waals surface area (Å²) in [7, 11) is 0. The van der Waals surface area contributed by atoms with Gasteiger partial charge >= 0.3 is 0 Å². The molecule has 1 heteroatoms. The van der Waals surface area contributed by atoms with Gasteiger partial charge in [-0.2, -0.15) is 0 Å². The van der Waals surface area contributed by atoms with Crippen molar-refractivity contribution in [2.24, 2.45) is 0 Å². The fourth-order valence-corrected chi connectivity index (χ4v) is 1.60. The van der Waals surface area contributed by atoms with Crippen molar-refractivity contribution in [3.8, 4) is 0 Å². The van der Waals surface area contributed by atoms with Crippen LogP contribution in [0, 0.1) is 0 Å². The van der Waals surface area contributed by atoms with Crippen molar-refractivity contribution in [2.45, 2.75) is 32.6 Å². The van der Waals surface area contributed by atoms with Gasteiger partial charge < -0.3 is 0 Å². The van der Waals surface area contributed by atoms with Gasteiger partial charge in [0.05, 0.1) is 0 Å². The SMILES string of the molecule is C/C=C\CC(C/C=C\C)c1ccncc1. The largest absolute Gasteiger partial charge is 0.265 e. The van der Waals surface area contributed by atoms with E-state index in [0.29, 0.717) is 5.92 Å². The third kappa shape index (κ3) is 4.11. The van der Waals surface area contributed by atoms with Gasteiger partial charge in [0.25, 0.3) is 0 Å².